The van der Waals surface area contributed by atoms with Crippen LogP contribution < -0.4 is 10.1 Å². The standard InChI is InChI=1S/C33H39ClFNO3/c1-33(2)32(38-22-25-11-6-12-26(34)18-25)31(37-17-16-23-8-4-3-5-9-23)29-20-28(14-15-30(29)39-33)36-21-24-10-7-13-27(35)19-24/h6-7,10-15,18-20,23,31-32,36H,3-5,8-9,16-17,21-22H2,1-2H3. The number of benzene rings is 3. The molecule has 1 heterocycles. The second kappa shape index (κ2) is 12.7. The SMILES string of the molecule is CC1(C)Oc2ccc(NCc3cccc(F)c3)cc2C(OCCC2CCCCC2)C1OCc1cccc(Cl)c1. The summed E-state index contributed by atoms with van der Waals surface area (Å²) in [5, 5.41) is 4.12. The van der Waals surface area contributed by atoms with Crippen molar-refractivity contribution in [2.75, 3.05) is 11.9 Å². The summed E-state index contributed by atoms with van der Waals surface area (Å²) >= 11 is 6.23. The molecule has 0 spiro atoms. The molecule has 2 unspecified atom stereocenters. The highest BCUT2D eigenvalue weighted by molar-refractivity contribution is 6.30. The molecule has 1 saturated carbocycles. The molecule has 2 atom stereocenters. The van der Waals surface area contributed by atoms with E-state index < -0.39 is 5.60 Å². The number of halogens is 2. The van der Waals surface area contributed by atoms with Crippen molar-refractivity contribution in [2.45, 2.75) is 83.3 Å². The lowest BCUT2D eigenvalue weighted by Gasteiger charge is -2.44. The van der Waals surface area contributed by atoms with Gasteiger partial charge >= 0.3 is 0 Å². The number of anilines is 1. The van der Waals surface area contributed by atoms with Crippen LogP contribution in [-0.4, -0.2) is 18.3 Å². The Hall–Kier alpha value is -2.60. The van der Waals surface area contributed by atoms with Crippen LogP contribution in [0.2, 0.25) is 5.02 Å². The average molecular weight is 552 g/mol. The van der Waals surface area contributed by atoms with Crippen LogP contribution in [0.15, 0.2) is 66.7 Å². The smallest absolute Gasteiger partial charge is 0.132 e. The first-order valence-electron chi connectivity index (χ1n) is 14.2. The molecular formula is C33H39ClFNO3. The molecule has 0 amide bonds. The molecule has 1 fully saturated rings. The fourth-order valence-corrected chi connectivity index (χ4v) is 6.02. The van der Waals surface area contributed by atoms with Gasteiger partial charge in [-0.05, 0) is 79.8 Å². The highest BCUT2D eigenvalue weighted by atomic mass is 35.5. The largest absolute Gasteiger partial charge is 0.485 e. The molecule has 3 aromatic carbocycles. The Labute approximate surface area is 236 Å². The van der Waals surface area contributed by atoms with Crippen molar-refractivity contribution in [3.8, 4) is 5.75 Å². The molecule has 1 aliphatic carbocycles. The molecule has 6 heteroatoms. The predicted octanol–water partition coefficient (Wildman–Crippen LogP) is 8.88. The summed E-state index contributed by atoms with van der Waals surface area (Å²) < 4.78 is 33.4. The Kier molecular flexibility index (Phi) is 9.11. The van der Waals surface area contributed by atoms with Gasteiger partial charge in [-0.3, -0.25) is 0 Å². The summed E-state index contributed by atoms with van der Waals surface area (Å²) in [5.41, 5.74) is 3.19. The van der Waals surface area contributed by atoms with Crippen LogP contribution in [0, 0.1) is 11.7 Å². The maximum Gasteiger partial charge on any atom is 0.132 e. The zero-order valence-corrected chi connectivity index (χ0v) is 23.7. The van der Waals surface area contributed by atoms with Crippen LogP contribution in [0.4, 0.5) is 10.1 Å². The minimum Gasteiger partial charge on any atom is -0.485 e. The van der Waals surface area contributed by atoms with Gasteiger partial charge in [0.15, 0.2) is 0 Å². The lowest BCUT2D eigenvalue weighted by molar-refractivity contribution is -0.168. The van der Waals surface area contributed by atoms with Gasteiger partial charge < -0.3 is 19.5 Å². The maximum absolute atomic E-state index is 13.7. The first-order valence-corrected chi connectivity index (χ1v) is 14.5. The summed E-state index contributed by atoms with van der Waals surface area (Å²) in [7, 11) is 0. The number of fused-ring (bicyclic) bond motifs is 1. The number of ether oxygens (including phenoxy) is 3. The highest BCUT2D eigenvalue weighted by Gasteiger charge is 2.45. The summed E-state index contributed by atoms with van der Waals surface area (Å²) in [6.07, 6.45) is 7.03. The summed E-state index contributed by atoms with van der Waals surface area (Å²) in [6, 6.07) is 20.5. The molecule has 4 nitrogen and oxygen atoms in total. The van der Waals surface area contributed by atoms with E-state index >= 15 is 0 Å². The minimum atomic E-state index is -0.600. The van der Waals surface area contributed by atoms with E-state index in [2.05, 4.69) is 25.2 Å². The van der Waals surface area contributed by atoms with Crippen molar-refractivity contribution >= 4 is 17.3 Å². The predicted molar refractivity (Wildman–Crippen MR) is 155 cm³/mol. The van der Waals surface area contributed by atoms with Crippen LogP contribution >= 0.6 is 11.6 Å². The van der Waals surface area contributed by atoms with Gasteiger partial charge in [0.1, 0.15) is 29.4 Å². The molecule has 39 heavy (non-hydrogen) atoms. The van der Waals surface area contributed by atoms with Gasteiger partial charge in [-0.25, -0.2) is 4.39 Å². The van der Waals surface area contributed by atoms with Crippen LogP contribution in [0.3, 0.4) is 0 Å². The monoisotopic (exact) mass is 551 g/mol. The Bertz CT molecular complexity index is 1240. The molecule has 5 rings (SSSR count). The van der Waals surface area contributed by atoms with Crippen molar-refractivity contribution in [2.24, 2.45) is 5.92 Å². The van der Waals surface area contributed by atoms with Gasteiger partial charge in [0.2, 0.25) is 0 Å². The van der Waals surface area contributed by atoms with E-state index in [4.69, 9.17) is 25.8 Å². The maximum atomic E-state index is 13.7. The number of hydrogen-bond acceptors (Lipinski definition) is 4. The lowest BCUT2D eigenvalue weighted by Crippen LogP contribution is -2.51. The van der Waals surface area contributed by atoms with Gasteiger partial charge in [-0.15, -0.1) is 0 Å². The Morgan fingerprint density at radius 3 is 2.54 bits per heavy atom. The summed E-state index contributed by atoms with van der Waals surface area (Å²) in [4.78, 5) is 0. The normalized spacial score (nSPS) is 20.7. The third-order valence-corrected chi connectivity index (χ3v) is 8.14. The molecule has 208 valence electrons. The lowest BCUT2D eigenvalue weighted by atomic mass is 9.86. The zero-order chi connectivity index (χ0) is 27.2. The molecule has 0 saturated heterocycles. The fourth-order valence-electron chi connectivity index (χ4n) is 5.81. The first kappa shape index (κ1) is 27.9. The van der Waals surface area contributed by atoms with Crippen molar-refractivity contribution in [1.82, 2.24) is 0 Å². The van der Waals surface area contributed by atoms with Crippen molar-refractivity contribution < 1.29 is 18.6 Å². The Morgan fingerprint density at radius 2 is 1.74 bits per heavy atom. The van der Waals surface area contributed by atoms with E-state index in [0.717, 1.165) is 40.5 Å². The molecule has 0 radical (unpaired) electrons. The second-order valence-electron chi connectivity index (χ2n) is 11.4. The van der Waals surface area contributed by atoms with Crippen molar-refractivity contribution in [1.29, 1.82) is 0 Å². The second-order valence-corrected chi connectivity index (χ2v) is 11.8. The van der Waals surface area contributed by atoms with Crippen LogP contribution in [0.25, 0.3) is 0 Å². The van der Waals surface area contributed by atoms with Crippen LogP contribution in [0.5, 0.6) is 5.75 Å². The summed E-state index contributed by atoms with van der Waals surface area (Å²) in [6.45, 7) is 5.74. The third kappa shape index (κ3) is 7.33. The molecule has 2 aliphatic rings. The zero-order valence-electron chi connectivity index (χ0n) is 22.9. The number of rotatable bonds is 10. The first-order chi connectivity index (χ1) is 18.9. The summed E-state index contributed by atoms with van der Waals surface area (Å²) in [5.74, 6) is 1.30. The van der Waals surface area contributed by atoms with Crippen LogP contribution in [0.1, 0.15) is 75.2 Å². The van der Waals surface area contributed by atoms with Crippen LogP contribution in [-0.2, 0) is 22.6 Å². The van der Waals surface area contributed by atoms with Gasteiger partial charge in [-0.1, -0.05) is 68.0 Å². The fraction of sp³-hybridized carbons (Fsp3) is 0.455. The average Bonchev–Trinajstić information content (AvgIpc) is 2.92. The third-order valence-electron chi connectivity index (χ3n) is 7.90. The Balaban J connectivity index is 1.37. The minimum absolute atomic E-state index is 0.235. The van der Waals surface area contributed by atoms with E-state index in [0.29, 0.717) is 24.8 Å². The molecule has 3 aromatic rings. The molecular weight excluding hydrogens is 513 g/mol. The van der Waals surface area contributed by atoms with E-state index in [1.54, 1.807) is 12.1 Å². The van der Waals surface area contributed by atoms with E-state index in [-0.39, 0.29) is 18.0 Å². The van der Waals surface area contributed by atoms with Gasteiger partial charge in [0.25, 0.3) is 0 Å². The van der Waals surface area contributed by atoms with Gasteiger partial charge in [-0.2, -0.15) is 0 Å². The molecule has 0 aromatic heterocycles. The number of nitrogens with one attached hydrogen (secondary N) is 1. The van der Waals surface area contributed by atoms with E-state index in [1.807, 2.05) is 42.5 Å². The molecule has 1 N–H and O–H groups in total. The highest BCUT2D eigenvalue weighted by Crippen LogP contribution is 2.45. The quantitative estimate of drug-likeness (QED) is 0.273. The Morgan fingerprint density at radius 1 is 0.949 bits per heavy atom. The van der Waals surface area contributed by atoms with Gasteiger partial charge in [0, 0.05) is 29.4 Å². The van der Waals surface area contributed by atoms with E-state index in [9.17, 15) is 4.39 Å². The molecule has 0 bridgehead atoms. The molecule has 1 aliphatic heterocycles. The topological polar surface area (TPSA) is 39.7 Å². The van der Waals surface area contributed by atoms with Gasteiger partial charge in [0.05, 0.1) is 6.61 Å². The van der Waals surface area contributed by atoms with E-state index in [1.165, 1.54) is 38.2 Å². The van der Waals surface area contributed by atoms with Crippen molar-refractivity contribution in [3.63, 3.8) is 0 Å². The van der Waals surface area contributed by atoms with Crippen molar-refractivity contribution in [3.05, 3.63) is 94.3 Å². The number of hydrogen-bond donors (Lipinski definition) is 1.